The lowest BCUT2D eigenvalue weighted by atomic mass is 10.1. The van der Waals surface area contributed by atoms with Gasteiger partial charge >= 0.3 is 6.18 Å². The second-order valence-corrected chi connectivity index (χ2v) is 12.9. The van der Waals surface area contributed by atoms with Crippen molar-refractivity contribution in [3.05, 3.63) is 92.9 Å². The number of anilines is 1. The van der Waals surface area contributed by atoms with Gasteiger partial charge in [0.1, 0.15) is 12.6 Å². The van der Waals surface area contributed by atoms with Gasteiger partial charge in [0, 0.05) is 28.2 Å². The highest BCUT2D eigenvalue weighted by Gasteiger charge is 2.37. The molecule has 7 nitrogen and oxygen atoms in total. The number of hydrogen-bond donors (Lipinski definition) is 1. The SMILES string of the molecule is CC[C@H](C(=O)NC(C)C)N(Cc1c(Cl)cccc1Cl)C(=O)CN(c1ccc(Cl)c(C(F)(F)F)c1)S(=O)(=O)c1ccccc1. The third kappa shape index (κ3) is 8.35. The van der Waals surface area contributed by atoms with Crippen molar-refractivity contribution in [1.29, 1.82) is 0 Å². The first-order valence-electron chi connectivity index (χ1n) is 13.0. The van der Waals surface area contributed by atoms with Gasteiger partial charge in [-0.2, -0.15) is 13.2 Å². The molecule has 14 heteroatoms. The molecule has 0 aliphatic rings. The number of alkyl halides is 3. The van der Waals surface area contributed by atoms with E-state index >= 15 is 0 Å². The minimum atomic E-state index is -4.91. The lowest BCUT2D eigenvalue weighted by Gasteiger charge is -2.34. The van der Waals surface area contributed by atoms with Gasteiger partial charge in [0.05, 0.1) is 21.2 Å². The lowest BCUT2D eigenvalue weighted by molar-refractivity contribution is -0.140. The van der Waals surface area contributed by atoms with Gasteiger partial charge in [-0.3, -0.25) is 13.9 Å². The molecule has 1 atom stereocenters. The number of nitrogens with one attached hydrogen (secondary N) is 1. The molecule has 2 amide bonds. The third-order valence-electron chi connectivity index (χ3n) is 6.36. The van der Waals surface area contributed by atoms with Gasteiger partial charge in [0.25, 0.3) is 10.0 Å². The molecule has 0 fully saturated rings. The van der Waals surface area contributed by atoms with Gasteiger partial charge in [-0.25, -0.2) is 8.42 Å². The quantitative estimate of drug-likeness (QED) is 0.233. The molecule has 0 aliphatic heterocycles. The summed E-state index contributed by atoms with van der Waals surface area (Å²) >= 11 is 18.5. The van der Waals surface area contributed by atoms with E-state index in [1.807, 2.05) is 0 Å². The van der Waals surface area contributed by atoms with Crippen LogP contribution in [0.15, 0.2) is 71.6 Å². The Hall–Kier alpha value is -2.99. The van der Waals surface area contributed by atoms with Crippen LogP contribution >= 0.6 is 34.8 Å². The van der Waals surface area contributed by atoms with E-state index in [1.54, 1.807) is 45.0 Å². The molecular formula is C29H29Cl3F3N3O4S. The van der Waals surface area contributed by atoms with Crippen LogP contribution in [0.1, 0.15) is 38.3 Å². The van der Waals surface area contributed by atoms with Crippen molar-refractivity contribution in [2.75, 3.05) is 10.8 Å². The van der Waals surface area contributed by atoms with E-state index in [9.17, 15) is 31.2 Å². The molecule has 0 radical (unpaired) electrons. The maximum atomic E-state index is 14.1. The van der Waals surface area contributed by atoms with E-state index in [4.69, 9.17) is 34.8 Å². The van der Waals surface area contributed by atoms with Gasteiger partial charge in [0.15, 0.2) is 0 Å². The Kier molecular flexibility index (Phi) is 11.4. The van der Waals surface area contributed by atoms with Crippen LogP contribution in [0, 0.1) is 0 Å². The van der Waals surface area contributed by atoms with Crippen molar-refractivity contribution in [1.82, 2.24) is 10.2 Å². The van der Waals surface area contributed by atoms with E-state index < -0.39 is 56.9 Å². The van der Waals surface area contributed by atoms with Crippen LogP contribution in [0.4, 0.5) is 18.9 Å². The summed E-state index contributed by atoms with van der Waals surface area (Å²) < 4.78 is 69.5. The van der Waals surface area contributed by atoms with Crippen LogP contribution in [-0.2, 0) is 32.3 Å². The Morgan fingerprint density at radius 1 is 0.907 bits per heavy atom. The molecule has 0 aliphatic carbocycles. The Balaban J connectivity index is 2.18. The number of amides is 2. The Morgan fingerprint density at radius 2 is 1.51 bits per heavy atom. The number of carbonyl (C=O) groups excluding carboxylic acids is 2. The lowest BCUT2D eigenvalue weighted by Crippen LogP contribution is -2.53. The second kappa shape index (κ2) is 14.2. The van der Waals surface area contributed by atoms with Crippen molar-refractivity contribution in [2.45, 2.75) is 56.9 Å². The number of halogens is 6. The maximum Gasteiger partial charge on any atom is 0.417 e. The van der Waals surface area contributed by atoms with Crippen molar-refractivity contribution in [3.63, 3.8) is 0 Å². The van der Waals surface area contributed by atoms with Crippen LogP contribution < -0.4 is 9.62 Å². The fourth-order valence-corrected chi connectivity index (χ4v) is 6.46. The standard InChI is InChI=1S/C29H29Cl3F3N3O4S/c1-4-26(28(40)36-18(2)3)37(16-21-23(30)11-8-12-24(21)31)27(39)17-38(43(41,42)20-9-6-5-7-10-20)19-13-14-25(32)22(15-19)29(33,34)35/h5-15,18,26H,4,16-17H2,1-3H3,(H,36,40)/t26-/m1/s1. The summed E-state index contributed by atoms with van der Waals surface area (Å²) in [7, 11) is -4.60. The highest BCUT2D eigenvalue weighted by Crippen LogP contribution is 2.38. The summed E-state index contributed by atoms with van der Waals surface area (Å²) in [6.07, 6.45) is -4.79. The molecule has 0 unspecified atom stereocenters. The molecule has 3 aromatic carbocycles. The fraction of sp³-hybridized carbons (Fsp3) is 0.310. The summed E-state index contributed by atoms with van der Waals surface area (Å²) in [4.78, 5) is 28.1. The molecule has 0 spiro atoms. The minimum absolute atomic E-state index is 0.122. The summed E-state index contributed by atoms with van der Waals surface area (Å²) in [5.74, 6) is -1.40. The molecule has 232 valence electrons. The van der Waals surface area contributed by atoms with E-state index in [0.717, 1.165) is 17.0 Å². The van der Waals surface area contributed by atoms with Crippen LogP contribution in [0.2, 0.25) is 15.1 Å². The van der Waals surface area contributed by atoms with E-state index in [1.165, 1.54) is 24.3 Å². The van der Waals surface area contributed by atoms with Gasteiger partial charge in [-0.05, 0) is 62.7 Å². The zero-order valence-electron chi connectivity index (χ0n) is 23.3. The average Bonchev–Trinajstić information content (AvgIpc) is 2.92. The van der Waals surface area contributed by atoms with Gasteiger partial charge in [-0.1, -0.05) is 66.0 Å². The molecule has 0 heterocycles. The summed E-state index contributed by atoms with van der Waals surface area (Å²) in [5, 5.41) is 2.50. The minimum Gasteiger partial charge on any atom is -0.352 e. The van der Waals surface area contributed by atoms with Crippen molar-refractivity contribution < 1.29 is 31.2 Å². The maximum absolute atomic E-state index is 14.1. The highest BCUT2D eigenvalue weighted by molar-refractivity contribution is 7.92. The first-order chi connectivity index (χ1) is 20.1. The molecule has 0 bridgehead atoms. The van der Waals surface area contributed by atoms with Crippen molar-refractivity contribution in [2.24, 2.45) is 0 Å². The van der Waals surface area contributed by atoms with Crippen LogP contribution in [-0.4, -0.2) is 43.8 Å². The van der Waals surface area contributed by atoms with Crippen LogP contribution in [0.3, 0.4) is 0 Å². The topological polar surface area (TPSA) is 86.8 Å². The number of rotatable bonds is 11. The Morgan fingerprint density at radius 3 is 2.05 bits per heavy atom. The van der Waals surface area contributed by atoms with Crippen molar-refractivity contribution >= 4 is 62.3 Å². The zero-order chi connectivity index (χ0) is 32.1. The summed E-state index contributed by atoms with van der Waals surface area (Å²) in [6.45, 7) is 3.88. The molecule has 0 saturated heterocycles. The van der Waals surface area contributed by atoms with Gasteiger partial charge in [-0.15, -0.1) is 0 Å². The van der Waals surface area contributed by atoms with Gasteiger partial charge < -0.3 is 10.2 Å². The molecule has 0 saturated carbocycles. The normalized spacial score (nSPS) is 12.6. The third-order valence-corrected chi connectivity index (χ3v) is 9.19. The number of benzene rings is 3. The summed E-state index contributed by atoms with van der Waals surface area (Å²) in [6, 6.07) is 12.8. The molecule has 43 heavy (non-hydrogen) atoms. The van der Waals surface area contributed by atoms with E-state index in [2.05, 4.69) is 5.32 Å². The van der Waals surface area contributed by atoms with Crippen LogP contribution in [0.5, 0.6) is 0 Å². The smallest absolute Gasteiger partial charge is 0.352 e. The first kappa shape index (κ1) is 34.5. The molecular weight excluding hydrogens is 650 g/mol. The van der Waals surface area contributed by atoms with E-state index in [0.29, 0.717) is 15.9 Å². The molecule has 3 rings (SSSR count). The largest absolute Gasteiger partial charge is 0.417 e. The summed E-state index contributed by atoms with van der Waals surface area (Å²) in [5.41, 5.74) is -1.43. The predicted molar refractivity (Wildman–Crippen MR) is 162 cm³/mol. The van der Waals surface area contributed by atoms with Crippen molar-refractivity contribution in [3.8, 4) is 0 Å². The van der Waals surface area contributed by atoms with Gasteiger partial charge in [0.2, 0.25) is 11.8 Å². The van der Waals surface area contributed by atoms with Crippen LogP contribution in [0.25, 0.3) is 0 Å². The Labute approximate surface area is 263 Å². The number of nitrogens with zero attached hydrogens (tertiary/aromatic N) is 2. The Bertz CT molecular complexity index is 1550. The first-order valence-corrected chi connectivity index (χ1v) is 15.6. The molecule has 1 N–H and O–H groups in total. The number of hydrogen-bond acceptors (Lipinski definition) is 4. The highest BCUT2D eigenvalue weighted by atomic mass is 35.5. The van der Waals surface area contributed by atoms with E-state index in [-0.39, 0.29) is 33.9 Å². The number of sulfonamides is 1. The zero-order valence-corrected chi connectivity index (χ0v) is 26.4. The second-order valence-electron chi connectivity index (χ2n) is 9.80. The number of carbonyl (C=O) groups is 2. The average molecular weight is 679 g/mol. The predicted octanol–water partition coefficient (Wildman–Crippen LogP) is 7.19. The fourth-order valence-electron chi connectivity index (χ4n) is 4.29. The molecule has 0 aromatic heterocycles. The monoisotopic (exact) mass is 677 g/mol. The molecule has 3 aromatic rings.